The Morgan fingerprint density at radius 1 is 1.15 bits per heavy atom. The molecule has 0 aliphatic rings. The van der Waals surface area contributed by atoms with Gasteiger partial charge in [-0.3, -0.25) is 16.3 Å². The minimum Gasteiger partial charge on any atom is -0.291 e. The van der Waals surface area contributed by atoms with Gasteiger partial charge in [0.1, 0.15) is 0 Å². The summed E-state index contributed by atoms with van der Waals surface area (Å²) in [4.78, 5) is 0. The van der Waals surface area contributed by atoms with E-state index < -0.39 is 0 Å². The second-order valence-corrected chi connectivity index (χ2v) is 4.36. The van der Waals surface area contributed by atoms with E-state index in [9.17, 15) is 0 Å². The van der Waals surface area contributed by atoms with Crippen molar-refractivity contribution in [1.29, 1.82) is 5.41 Å². The van der Waals surface area contributed by atoms with Gasteiger partial charge in [-0.1, -0.05) is 54.1 Å². The van der Waals surface area contributed by atoms with Gasteiger partial charge >= 0.3 is 0 Å². The lowest BCUT2D eigenvalue weighted by Crippen LogP contribution is -2.49. The molecule has 20 heavy (non-hydrogen) atoms. The predicted octanol–water partition coefficient (Wildman–Crippen LogP) is 1.83. The van der Waals surface area contributed by atoms with Crippen LogP contribution in [0.3, 0.4) is 0 Å². The van der Waals surface area contributed by atoms with Crippen molar-refractivity contribution in [3.63, 3.8) is 0 Å². The summed E-state index contributed by atoms with van der Waals surface area (Å²) in [5, 5.41) is 7.66. The molecule has 0 unspecified atom stereocenters. The van der Waals surface area contributed by atoms with Crippen LogP contribution in [0, 0.1) is 5.41 Å². The first-order valence-electron chi connectivity index (χ1n) is 6.61. The molecule has 0 atom stereocenters. The number of hydrogen-bond donors (Lipinski definition) is 5. The first-order valence-corrected chi connectivity index (χ1v) is 6.61. The Bertz CT molecular complexity index is 451. The SMILES string of the molecule is C/C=C\C=C(/C)CNNC(=N)NNCc1ccccc1. The van der Waals surface area contributed by atoms with Gasteiger partial charge in [0.05, 0.1) is 0 Å². The summed E-state index contributed by atoms with van der Waals surface area (Å²) in [6.07, 6.45) is 6.00. The van der Waals surface area contributed by atoms with Crippen LogP contribution in [0.4, 0.5) is 0 Å². The summed E-state index contributed by atoms with van der Waals surface area (Å²) in [5.74, 6) is 0.180. The molecule has 5 heteroatoms. The quantitative estimate of drug-likeness (QED) is 0.227. The molecule has 5 nitrogen and oxygen atoms in total. The molecule has 1 aromatic carbocycles. The minimum atomic E-state index is 0.180. The van der Waals surface area contributed by atoms with Crippen molar-refractivity contribution in [2.75, 3.05) is 6.54 Å². The third-order valence-corrected chi connectivity index (χ3v) is 2.50. The van der Waals surface area contributed by atoms with E-state index in [0.29, 0.717) is 13.1 Å². The third kappa shape index (κ3) is 7.35. The maximum atomic E-state index is 7.66. The fourth-order valence-corrected chi connectivity index (χ4v) is 1.45. The number of benzene rings is 1. The molecule has 0 fully saturated rings. The van der Waals surface area contributed by atoms with Gasteiger partial charge in [-0.05, 0) is 19.4 Å². The van der Waals surface area contributed by atoms with Gasteiger partial charge in [-0.25, -0.2) is 10.9 Å². The van der Waals surface area contributed by atoms with E-state index in [0.717, 1.165) is 5.56 Å². The molecule has 0 amide bonds. The van der Waals surface area contributed by atoms with E-state index in [2.05, 4.69) is 21.7 Å². The third-order valence-electron chi connectivity index (χ3n) is 2.50. The van der Waals surface area contributed by atoms with Crippen LogP contribution in [0.25, 0.3) is 0 Å². The van der Waals surface area contributed by atoms with Gasteiger partial charge in [-0.15, -0.1) is 0 Å². The first-order chi connectivity index (χ1) is 9.72. The van der Waals surface area contributed by atoms with E-state index >= 15 is 0 Å². The van der Waals surface area contributed by atoms with Crippen molar-refractivity contribution < 1.29 is 0 Å². The van der Waals surface area contributed by atoms with Crippen molar-refractivity contribution in [1.82, 2.24) is 21.7 Å². The zero-order chi connectivity index (χ0) is 14.6. The smallest absolute Gasteiger partial charge is 0.217 e. The van der Waals surface area contributed by atoms with Crippen molar-refractivity contribution in [3.05, 3.63) is 59.7 Å². The number of hydrazine groups is 2. The molecular formula is C15H23N5. The monoisotopic (exact) mass is 273 g/mol. The summed E-state index contributed by atoms with van der Waals surface area (Å²) in [5.41, 5.74) is 13.8. The number of guanidine groups is 1. The van der Waals surface area contributed by atoms with Crippen LogP contribution >= 0.6 is 0 Å². The van der Waals surface area contributed by atoms with E-state index in [-0.39, 0.29) is 5.96 Å². The zero-order valence-electron chi connectivity index (χ0n) is 12.0. The number of rotatable bonds is 7. The highest BCUT2D eigenvalue weighted by Crippen LogP contribution is 1.95. The van der Waals surface area contributed by atoms with Crippen LogP contribution < -0.4 is 21.7 Å². The maximum absolute atomic E-state index is 7.66. The maximum Gasteiger partial charge on any atom is 0.217 e. The van der Waals surface area contributed by atoms with Crippen molar-refractivity contribution in [2.24, 2.45) is 0 Å². The molecule has 0 radical (unpaired) electrons. The second kappa shape index (κ2) is 9.77. The molecular weight excluding hydrogens is 250 g/mol. The van der Waals surface area contributed by atoms with Crippen LogP contribution in [0.5, 0.6) is 0 Å². The van der Waals surface area contributed by atoms with Gasteiger partial charge in [0.15, 0.2) is 0 Å². The molecule has 0 aliphatic heterocycles. The highest BCUT2D eigenvalue weighted by Gasteiger charge is 1.94. The van der Waals surface area contributed by atoms with Crippen LogP contribution in [0.2, 0.25) is 0 Å². The van der Waals surface area contributed by atoms with E-state index in [4.69, 9.17) is 5.41 Å². The van der Waals surface area contributed by atoms with E-state index in [1.165, 1.54) is 5.57 Å². The standard InChI is InChI=1S/C15H23N5/c1-3-4-8-13(2)11-17-19-15(16)20-18-12-14-9-6-5-7-10-14/h3-10,17-18H,11-12H2,1-2H3,(H3,16,19,20)/b4-3-,13-8+. The molecule has 0 aliphatic carbocycles. The van der Waals surface area contributed by atoms with Crippen molar-refractivity contribution in [3.8, 4) is 0 Å². The Morgan fingerprint density at radius 3 is 2.55 bits per heavy atom. The molecule has 1 rings (SSSR count). The number of allylic oxidation sites excluding steroid dienone is 3. The summed E-state index contributed by atoms with van der Waals surface area (Å²) in [6.45, 7) is 5.34. The van der Waals surface area contributed by atoms with Gasteiger partial charge in [0.25, 0.3) is 0 Å². The Kier molecular flexibility index (Phi) is 7.79. The molecule has 0 spiro atoms. The normalized spacial score (nSPS) is 11.6. The fraction of sp³-hybridized carbons (Fsp3) is 0.267. The predicted molar refractivity (Wildman–Crippen MR) is 83.9 cm³/mol. The second-order valence-electron chi connectivity index (χ2n) is 4.36. The molecule has 0 aromatic heterocycles. The Morgan fingerprint density at radius 2 is 1.85 bits per heavy atom. The highest BCUT2D eigenvalue weighted by molar-refractivity contribution is 5.75. The summed E-state index contributed by atoms with van der Waals surface area (Å²) in [7, 11) is 0. The van der Waals surface area contributed by atoms with Gasteiger partial charge < -0.3 is 0 Å². The Labute approximate surface area is 120 Å². The number of nitrogens with one attached hydrogen (secondary N) is 5. The average Bonchev–Trinajstić information content (AvgIpc) is 2.46. The van der Waals surface area contributed by atoms with Crippen molar-refractivity contribution >= 4 is 5.96 Å². The average molecular weight is 273 g/mol. The molecule has 5 N–H and O–H groups in total. The lowest BCUT2D eigenvalue weighted by molar-refractivity contribution is 0.599. The molecule has 108 valence electrons. The fourth-order valence-electron chi connectivity index (χ4n) is 1.45. The van der Waals surface area contributed by atoms with Crippen LogP contribution in [0.1, 0.15) is 19.4 Å². The summed E-state index contributed by atoms with van der Waals surface area (Å²) in [6, 6.07) is 10.0. The molecule has 1 aromatic rings. The topological polar surface area (TPSA) is 72.0 Å². The number of hydrogen-bond acceptors (Lipinski definition) is 3. The lowest BCUT2D eigenvalue weighted by atomic mass is 10.2. The van der Waals surface area contributed by atoms with Crippen LogP contribution in [0.15, 0.2) is 54.1 Å². The molecule has 0 bridgehead atoms. The lowest BCUT2D eigenvalue weighted by Gasteiger charge is -2.12. The van der Waals surface area contributed by atoms with Crippen LogP contribution in [-0.2, 0) is 6.54 Å². The zero-order valence-corrected chi connectivity index (χ0v) is 12.0. The molecule has 0 saturated carbocycles. The summed E-state index contributed by atoms with van der Waals surface area (Å²) < 4.78 is 0. The van der Waals surface area contributed by atoms with Gasteiger partial charge in [0.2, 0.25) is 5.96 Å². The Balaban J connectivity index is 2.12. The Hall–Kier alpha value is -2.11. The van der Waals surface area contributed by atoms with E-state index in [1.807, 2.05) is 62.4 Å². The van der Waals surface area contributed by atoms with Crippen molar-refractivity contribution in [2.45, 2.75) is 20.4 Å². The molecule has 0 heterocycles. The first kappa shape index (κ1) is 15.9. The van der Waals surface area contributed by atoms with Gasteiger partial charge in [-0.2, -0.15) is 0 Å². The minimum absolute atomic E-state index is 0.180. The summed E-state index contributed by atoms with van der Waals surface area (Å²) >= 11 is 0. The molecule has 0 saturated heterocycles. The largest absolute Gasteiger partial charge is 0.291 e. The highest BCUT2D eigenvalue weighted by atomic mass is 15.5. The van der Waals surface area contributed by atoms with E-state index in [1.54, 1.807) is 0 Å². The van der Waals surface area contributed by atoms with Gasteiger partial charge in [0, 0.05) is 13.1 Å². The van der Waals surface area contributed by atoms with Crippen LogP contribution in [-0.4, -0.2) is 12.5 Å².